The summed E-state index contributed by atoms with van der Waals surface area (Å²) < 4.78 is 19.1. The van der Waals surface area contributed by atoms with E-state index >= 15 is 0 Å². The van der Waals surface area contributed by atoms with Crippen LogP contribution in [-0.4, -0.2) is 62.3 Å². The van der Waals surface area contributed by atoms with Gasteiger partial charge in [0.15, 0.2) is 22.5 Å². The summed E-state index contributed by atoms with van der Waals surface area (Å²) in [6.07, 6.45) is 0. The summed E-state index contributed by atoms with van der Waals surface area (Å²) in [5, 5.41) is 23.9. The highest BCUT2D eigenvalue weighted by Gasteiger charge is 2.21. The van der Waals surface area contributed by atoms with Gasteiger partial charge in [0, 0.05) is 11.3 Å². The summed E-state index contributed by atoms with van der Waals surface area (Å²) in [7, 11) is 0. The smallest absolute Gasteiger partial charge is 0.251 e. The molecule has 12 nitrogen and oxygen atoms in total. The van der Waals surface area contributed by atoms with Crippen molar-refractivity contribution in [2.75, 3.05) is 30.9 Å². The normalized spacial score (nSPS) is 10.8. The third-order valence-electron chi connectivity index (χ3n) is 5.64. The lowest BCUT2D eigenvalue weighted by molar-refractivity contribution is -0.113. The Hall–Kier alpha value is -4.17. The zero-order chi connectivity index (χ0) is 30.1. The first-order chi connectivity index (χ1) is 20.3. The van der Waals surface area contributed by atoms with Gasteiger partial charge in [0.05, 0.1) is 32.1 Å². The molecule has 4 rings (SSSR count). The first-order valence-electron chi connectivity index (χ1n) is 13.4. The van der Waals surface area contributed by atoms with Gasteiger partial charge in [0.2, 0.25) is 16.8 Å². The molecule has 0 spiro atoms. The Labute approximate surface area is 252 Å². The van der Waals surface area contributed by atoms with Gasteiger partial charge in [-0.15, -0.1) is 20.4 Å². The first-order valence-corrected chi connectivity index (χ1v) is 15.2. The topological polar surface area (TPSA) is 142 Å². The van der Waals surface area contributed by atoms with E-state index in [0.717, 1.165) is 16.3 Å². The van der Waals surface area contributed by atoms with Crippen molar-refractivity contribution < 1.29 is 23.8 Å². The van der Waals surface area contributed by atoms with Crippen molar-refractivity contribution in [3.8, 4) is 22.9 Å². The lowest BCUT2D eigenvalue weighted by Crippen LogP contribution is -2.25. The van der Waals surface area contributed by atoms with Crippen molar-refractivity contribution in [3.05, 3.63) is 58.4 Å². The summed E-state index contributed by atoms with van der Waals surface area (Å²) in [6, 6.07) is 11.1. The highest BCUT2D eigenvalue weighted by molar-refractivity contribution is 7.99. The molecule has 0 bridgehead atoms. The molecule has 2 N–H and O–H groups in total. The van der Waals surface area contributed by atoms with Crippen molar-refractivity contribution in [1.29, 1.82) is 0 Å². The highest BCUT2D eigenvalue weighted by Crippen LogP contribution is 2.39. The van der Waals surface area contributed by atoms with Gasteiger partial charge in [-0.1, -0.05) is 35.2 Å². The molecule has 2 amide bonds. The van der Waals surface area contributed by atoms with Crippen LogP contribution in [0.15, 0.2) is 41.6 Å². The number of ether oxygens (including phenoxy) is 3. The molecule has 0 fully saturated rings. The lowest BCUT2D eigenvalue weighted by Gasteiger charge is -2.17. The average Bonchev–Trinajstić information content (AvgIpc) is 3.57. The third-order valence-corrected chi connectivity index (χ3v) is 7.33. The maximum absolute atomic E-state index is 13.3. The molecule has 0 aliphatic heterocycles. The van der Waals surface area contributed by atoms with Crippen LogP contribution in [0.1, 0.15) is 47.5 Å². The summed E-state index contributed by atoms with van der Waals surface area (Å²) in [5.74, 6) is 1.32. The van der Waals surface area contributed by atoms with Crippen LogP contribution in [0.4, 0.5) is 5.13 Å². The standard InChI is InChI=1S/C28H33N7O5S2/c1-6-38-21-13-19(14-22(39-7-2)25(21)40-8-3)26(37)29-15-23-32-34-28(35(23)20-11-9-10-17(4)12-20)41-16-24(36)30-27-33-31-18(5)42-27/h9-14H,6-8,15-16H2,1-5H3,(H,29,37)(H,30,33,36). The minimum Gasteiger partial charge on any atom is -0.490 e. The molecule has 4 aromatic rings. The Kier molecular flexibility index (Phi) is 10.7. The lowest BCUT2D eigenvalue weighted by atomic mass is 10.1. The highest BCUT2D eigenvalue weighted by atomic mass is 32.2. The second-order valence-electron chi connectivity index (χ2n) is 8.82. The molecule has 2 aromatic heterocycles. The van der Waals surface area contributed by atoms with Gasteiger partial charge < -0.3 is 19.5 Å². The predicted molar refractivity (Wildman–Crippen MR) is 161 cm³/mol. The first kappa shape index (κ1) is 30.8. The molecule has 0 radical (unpaired) electrons. The van der Waals surface area contributed by atoms with Crippen LogP contribution in [0.2, 0.25) is 0 Å². The van der Waals surface area contributed by atoms with Gasteiger partial charge in [-0.3, -0.25) is 19.5 Å². The number of anilines is 1. The molecule has 0 aliphatic rings. The van der Waals surface area contributed by atoms with E-state index in [1.165, 1.54) is 23.1 Å². The summed E-state index contributed by atoms with van der Waals surface area (Å²) in [6.45, 7) is 10.7. The molecule has 2 aromatic carbocycles. The molecule has 0 saturated heterocycles. The van der Waals surface area contributed by atoms with Crippen molar-refractivity contribution in [3.63, 3.8) is 0 Å². The molecule has 222 valence electrons. The molecular weight excluding hydrogens is 578 g/mol. The van der Waals surface area contributed by atoms with Crippen LogP contribution in [-0.2, 0) is 11.3 Å². The SMILES string of the molecule is CCOc1cc(C(=O)NCc2nnc(SCC(=O)Nc3nnc(C)s3)n2-c2cccc(C)c2)cc(OCC)c1OCC. The van der Waals surface area contributed by atoms with Crippen LogP contribution >= 0.6 is 23.1 Å². The summed E-state index contributed by atoms with van der Waals surface area (Å²) in [5.41, 5.74) is 2.20. The van der Waals surface area contributed by atoms with Gasteiger partial charge in [-0.25, -0.2) is 0 Å². The Balaban J connectivity index is 1.55. The van der Waals surface area contributed by atoms with E-state index in [1.807, 2.05) is 63.5 Å². The molecule has 0 unspecified atom stereocenters. The van der Waals surface area contributed by atoms with Crippen LogP contribution in [0, 0.1) is 13.8 Å². The van der Waals surface area contributed by atoms with E-state index in [2.05, 4.69) is 31.0 Å². The number of thioether (sulfide) groups is 1. The molecule has 0 atom stereocenters. The average molecular weight is 612 g/mol. The van der Waals surface area contributed by atoms with Gasteiger partial charge >= 0.3 is 0 Å². The third kappa shape index (κ3) is 7.76. The summed E-state index contributed by atoms with van der Waals surface area (Å²) >= 11 is 2.53. The molecule has 42 heavy (non-hydrogen) atoms. The fourth-order valence-electron chi connectivity index (χ4n) is 3.95. The number of hydrogen-bond acceptors (Lipinski definition) is 11. The summed E-state index contributed by atoms with van der Waals surface area (Å²) in [4.78, 5) is 25.9. The molecule has 2 heterocycles. The van der Waals surface area contributed by atoms with Gasteiger partial charge in [0.1, 0.15) is 5.01 Å². The number of carbonyl (C=O) groups is 2. The van der Waals surface area contributed by atoms with Crippen molar-refractivity contribution in [2.45, 2.75) is 46.3 Å². The number of carbonyl (C=O) groups excluding carboxylic acids is 2. The largest absolute Gasteiger partial charge is 0.490 e. The van der Waals surface area contributed by atoms with E-state index in [1.54, 1.807) is 12.1 Å². The number of nitrogens with zero attached hydrogens (tertiary/aromatic N) is 5. The van der Waals surface area contributed by atoms with Crippen LogP contribution in [0.5, 0.6) is 17.2 Å². The van der Waals surface area contributed by atoms with Gasteiger partial charge in [0.25, 0.3) is 5.91 Å². The number of benzene rings is 2. The Morgan fingerprint density at radius 1 is 0.929 bits per heavy atom. The number of rotatable bonds is 14. The fraction of sp³-hybridized carbons (Fsp3) is 0.357. The van der Waals surface area contributed by atoms with Crippen LogP contribution in [0.25, 0.3) is 5.69 Å². The molecule has 0 aliphatic carbocycles. The number of nitrogens with one attached hydrogen (secondary N) is 2. The number of amides is 2. The minimum absolute atomic E-state index is 0.0811. The Bertz CT molecular complexity index is 1510. The number of aryl methyl sites for hydroxylation is 2. The van der Waals surface area contributed by atoms with E-state index in [0.29, 0.717) is 58.7 Å². The second-order valence-corrected chi connectivity index (χ2v) is 10.9. The molecular formula is C28H33N7O5S2. The van der Waals surface area contributed by atoms with Crippen molar-refractivity contribution in [1.82, 2.24) is 30.3 Å². The van der Waals surface area contributed by atoms with Crippen molar-refractivity contribution in [2.24, 2.45) is 0 Å². The minimum atomic E-state index is -0.348. The van der Waals surface area contributed by atoms with E-state index in [4.69, 9.17) is 14.2 Å². The van der Waals surface area contributed by atoms with Gasteiger partial charge in [-0.2, -0.15) is 0 Å². The fourth-order valence-corrected chi connectivity index (χ4v) is 5.33. The molecule has 14 heteroatoms. The predicted octanol–water partition coefficient (Wildman–Crippen LogP) is 4.59. The maximum atomic E-state index is 13.3. The monoisotopic (exact) mass is 611 g/mol. The van der Waals surface area contributed by atoms with Crippen LogP contribution in [0.3, 0.4) is 0 Å². The zero-order valence-corrected chi connectivity index (χ0v) is 25.7. The molecule has 0 saturated carbocycles. The van der Waals surface area contributed by atoms with E-state index in [-0.39, 0.29) is 24.1 Å². The van der Waals surface area contributed by atoms with Gasteiger partial charge in [-0.05, 0) is 64.4 Å². The second kappa shape index (κ2) is 14.6. The quantitative estimate of drug-likeness (QED) is 0.194. The van der Waals surface area contributed by atoms with E-state index < -0.39 is 0 Å². The Morgan fingerprint density at radius 2 is 1.64 bits per heavy atom. The van der Waals surface area contributed by atoms with Crippen LogP contribution < -0.4 is 24.8 Å². The Morgan fingerprint density at radius 3 is 2.26 bits per heavy atom. The number of aromatic nitrogens is 5. The number of hydrogen-bond donors (Lipinski definition) is 2. The maximum Gasteiger partial charge on any atom is 0.251 e. The van der Waals surface area contributed by atoms with E-state index in [9.17, 15) is 9.59 Å². The van der Waals surface area contributed by atoms with Crippen molar-refractivity contribution >= 4 is 40.0 Å². The zero-order valence-electron chi connectivity index (χ0n) is 24.1.